The molecule has 2 aromatic heterocycles. The van der Waals surface area contributed by atoms with Gasteiger partial charge in [-0.1, -0.05) is 18.6 Å². The van der Waals surface area contributed by atoms with Gasteiger partial charge in [-0.2, -0.15) is 14.0 Å². The number of nitriles is 1. The Morgan fingerprint density at radius 2 is 1.90 bits per heavy atom. The van der Waals surface area contributed by atoms with Crippen molar-refractivity contribution in [2.75, 3.05) is 0 Å². The molecule has 1 fully saturated rings. The van der Waals surface area contributed by atoms with Crippen molar-refractivity contribution in [3.63, 3.8) is 0 Å². The summed E-state index contributed by atoms with van der Waals surface area (Å²) in [5.74, 6) is 0.222. The van der Waals surface area contributed by atoms with E-state index in [9.17, 15) is 23.9 Å². The third-order valence-corrected chi connectivity index (χ3v) is 7.43. The first-order chi connectivity index (χ1) is 18.6. The third-order valence-electron chi connectivity index (χ3n) is 7.43. The van der Waals surface area contributed by atoms with Crippen LogP contribution in [-0.4, -0.2) is 31.0 Å². The van der Waals surface area contributed by atoms with E-state index in [1.165, 1.54) is 10.7 Å². The van der Waals surface area contributed by atoms with E-state index in [4.69, 9.17) is 4.74 Å². The summed E-state index contributed by atoms with van der Waals surface area (Å²) in [6, 6.07) is 12.8. The number of hydrogen-bond acceptors (Lipinski definition) is 6. The zero-order chi connectivity index (χ0) is 27.9. The maximum Gasteiger partial charge on any atom is 0.387 e. The Balaban J connectivity index is 1.58. The van der Waals surface area contributed by atoms with Gasteiger partial charge in [0.15, 0.2) is 5.82 Å². The van der Waals surface area contributed by atoms with Crippen molar-refractivity contribution in [2.45, 2.75) is 57.8 Å². The van der Waals surface area contributed by atoms with Crippen molar-refractivity contribution < 1.29 is 18.6 Å². The van der Waals surface area contributed by atoms with Gasteiger partial charge in [0.25, 0.3) is 5.56 Å². The van der Waals surface area contributed by atoms with Gasteiger partial charge in [-0.3, -0.25) is 14.2 Å². The Morgan fingerprint density at radius 3 is 2.56 bits per heavy atom. The van der Waals surface area contributed by atoms with E-state index in [1.807, 2.05) is 12.1 Å². The molecule has 2 atom stereocenters. The molecule has 0 bridgehead atoms. The molecule has 1 aliphatic carbocycles. The highest BCUT2D eigenvalue weighted by Crippen LogP contribution is 2.40. The van der Waals surface area contributed by atoms with E-state index >= 15 is 0 Å². The second-order valence-electron chi connectivity index (χ2n) is 10.5. The molecule has 0 aliphatic heterocycles. The smallest absolute Gasteiger partial charge is 0.387 e. The molecule has 0 amide bonds. The van der Waals surface area contributed by atoms with Crippen LogP contribution in [0.15, 0.2) is 53.6 Å². The number of alkyl halides is 2. The lowest BCUT2D eigenvalue weighted by Crippen LogP contribution is -2.20. The molecule has 1 aliphatic rings. The fraction of sp³-hybridized carbons (Fsp3) is 0.379. The summed E-state index contributed by atoms with van der Waals surface area (Å²) in [5, 5.41) is 20.2. The summed E-state index contributed by atoms with van der Waals surface area (Å²) in [5.41, 5.74) is 2.05. The molecule has 1 saturated carbocycles. The molecule has 0 spiro atoms. The van der Waals surface area contributed by atoms with Crippen molar-refractivity contribution >= 4 is 10.9 Å². The maximum absolute atomic E-state index is 13.3. The van der Waals surface area contributed by atoms with Gasteiger partial charge >= 0.3 is 6.61 Å². The number of fused-ring (bicyclic) bond motifs is 1. The van der Waals surface area contributed by atoms with E-state index in [2.05, 4.69) is 16.0 Å². The fourth-order valence-corrected chi connectivity index (χ4v) is 5.37. The number of ether oxygens (including phenoxy) is 1. The Morgan fingerprint density at radius 1 is 1.15 bits per heavy atom. The van der Waals surface area contributed by atoms with Crippen LogP contribution in [0.5, 0.6) is 5.75 Å². The van der Waals surface area contributed by atoms with Crippen LogP contribution in [0.4, 0.5) is 8.78 Å². The quantitative estimate of drug-likeness (QED) is 0.355. The van der Waals surface area contributed by atoms with Crippen LogP contribution in [0.2, 0.25) is 0 Å². The second-order valence-corrected chi connectivity index (χ2v) is 10.5. The summed E-state index contributed by atoms with van der Waals surface area (Å²) >= 11 is 0. The first kappa shape index (κ1) is 26.5. The fourth-order valence-electron chi connectivity index (χ4n) is 5.37. The largest absolute Gasteiger partial charge is 0.434 e. The number of nitrogens with zero attached hydrogens (tertiary/aromatic N) is 5. The van der Waals surface area contributed by atoms with Gasteiger partial charge in [0.05, 0.1) is 29.4 Å². The Labute approximate surface area is 224 Å². The zero-order valence-corrected chi connectivity index (χ0v) is 21.9. The molecule has 39 heavy (non-hydrogen) atoms. The predicted octanol–water partition coefficient (Wildman–Crippen LogP) is 5.08. The molecular formula is C29H29F2N5O3. The zero-order valence-electron chi connectivity index (χ0n) is 21.9. The molecule has 4 aromatic rings. The minimum absolute atomic E-state index is 0.0260. The molecule has 0 radical (unpaired) electrons. The lowest BCUT2D eigenvalue weighted by molar-refractivity contribution is -0.0505. The van der Waals surface area contributed by atoms with Crippen molar-refractivity contribution in [2.24, 2.45) is 13.0 Å². The van der Waals surface area contributed by atoms with Crippen LogP contribution in [0.25, 0.3) is 22.0 Å². The van der Waals surface area contributed by atoms with Gasteiger partial charge in [-0.15, -0.1) is 0 Å². The van der Waals surface area contributed by atoms with E-state index in [1.54, 1.807) is 56.2 Å². The summed E-state index contributed by atoms with van der Waals surface area (Å²) in [6.07, 6.45) is 5.82. The topological polar surface area (TPSA) is 106 Å². The summed E-state index contributed by atoms with van der Waals surface area (Å²) < 4.78 is 34.6. The standard InChI is InChI=1S/C29H29F2N5O3/c1-29(2,38)27-33-14-21(15-34-27)17-7-9-23-24(12-17)36(35(3)26(23)37)16-20-11-18(8-10-25(20)39-28(30)31)22-6-4-5-19(22)13-32/h7-12,14-15,19,22,28,38H,4-6,16H2,1-3H3/t19-,22+/m0/s1. The van der Waals surface area contributed by atoms with Gasteiger partial charge in [-0.05, 0) is 68.0 Å². The van der Waals surface area contributed by atoms with Crippen LogP contribution in [0.1, 0.15) is 56.0 Å². The normalized spacial score (nSPS) is 17.6. The van der Waals surface area contributed by atoms with Gasteiger partial charge in [0, 0.05) is 30.6 Å². The molecule has 8 nitrogen and oxygen atoms in total. The van der Waals surface area contributed by atoms with Crippen LogP contribution >= 0.6 is 0 Å². The number of benzene rings is 2. The lowest BCUT2D eigenvalue weighted by atomic mass is 9.89. The first-order valence-corrected chi connectivity index (χ1v) is 12.8. The van der Waals surface area contributed by atoms with Gasteiger partial charge < -0.3 is 9.84 Å². The number of rotatable bonds is 7. The number of aromatic nitrogens is 4. The molecule has 1 N–H and O–H groups in total. The summed E-state index contributed by atoms with van der Waals surface area (Å²) in [7, 11) is 1.63. The van der Waals surface area contributed by atoms with E-state index in [0.717, 1.165) is 30.4 Å². The highest BCUT2D eigenvalue weighted by atomic mass is 19.3. The third kappa shape index (κ3) is 5.14. The molecule has 10 heteroatoms. The highest BCUT2D eigenvalue weighted by Gasteiger charge is 2.29. The van der Waals surface area contributed by atoms with Gasteiger partial charge in [-0.25, -0.2) is 9.97 Å². The van der Waals surface area contributed by atoms with Crippen LogP contribution in [0, 0.1) is 17.2 Å². The second kappa shape index (κ2) is 10.2. The summed E-state index contributed by atoms with van der Waals surface area (Å²) in [4.78, 5) is 21.6. The van der Waals surface area contributed by atoms with Crippen molar-refractivity contribution in [3.8, 4) is 22.9 Å². The van der Waals surface area contributed by atoms with Crippen molar-refractivity contribution in [3.05, 3.63) is 76.1 Å². The molecule has 202 valence electrons. The average molecular weight is 534 g/mol. The average Bonchev–Trinajstić information content (AvgIpc) is 3.48. The molecule has 2 aromatic carbocycles. The van der Waals surface area contributed by atoms with Crippen molar-refractivity contribution in [1.82, 2.24) is 19.3 Å². The Bertz CT molecular complexity index is 1610. The Kier molecular flexibility index (Phi) is 6.95. The first-order valence-electron chi connectivity index (χ1n) is 12.8. The van der Waals surface area contributed by atoms with Crippen LogP contribution < -0.4 is 10.3 Å². The number of aliphatic hydroxyl groups is 1. The minimum Gasteiger partial charge on any atom is -0.434 e. The molecule has 5 rings (SSSR count). The monoisotopic (exact) mass is 533 g/mol. The lowest BCUT2D eigenvalue weighted by Gasteiger charge is -2.19. The molecule has 0 unspecified atom stereocenters. The predicted molar refractivity (Wildman–Crippen MR) is 141 cm³/mol. The van der Waals surface area contributed by atoms with Gasteiger partial charge in [0.2, 0.25) is 0 Å². The van der Waals surface area contributed by atoms with Gasteiger partial charge in [0.1, 0.15) is 11.4 Å². The highest BCUT2D eigenvalue weighted by molar-refractivity contribution is 5.84. The van der Waals surface area contributed by atoms with E-state index in [-0.39, 0.29) is 35.5 Å². The van der Waals surface area contributed by atoms with Crippen LogP contribution in [0.3, 0.4) is 0 Å². The molecular weight excluding hydrogens is 504 g/mol. The maximum atomic E-state index is 13.3. The SMILES string of the molecule is Cn1c(=O)c2ccc(-c3cnc(C(C)(C)O)nc3)cc2n1Cc1cc([C@H]2CCC[C@H]2C#N)ccc1OC(F)F. The van der Waals surface area contributed by atoms with Crippen molar-refractivity contribution in [1.29, 1.82) is 5.26 Å². The summed E-state index contributed by atoms with van der Waals surface area (Å²) in [6.45, 7) is 0.305. The van der Waals surface area contributed by atoms with Crippen LogP contribution in [-0.2, 0) is 19.2 Å². The number of halogens is 2. The van der Waals surface area contributed by atoms with E-state index in [0.29, 0.717) is 22.0 Å². The number of hydrogen-bond donors (Lipinski definition) is 1. The van der Waals surface area contributed by atoms with E-state index < -0.39 is 12.2 Å². The minimum atomic E-state index is -3.00. The Hall–Kier alpha value is -4.10. The molecule has 2 heterocycles. The molecule has 0 saturated heterocycles.